The number of fused-ring (bicyclic) bond motifs is 1. The van der Waals surface area contributed by atoms with E-state index in [1.54, 1.807) is 43.2 Å². The van der Waals surface area contributed by atoms with Crippen LogP contribution >= 0.6 is 9.24 Å². The lowest BCUT2D eigenvalue weighted by Crippen LogP contribution is -2.46. The van der Waals surface area contributed by atoms with Gasteiger partial charge >= 0.3 is 0 Å². The van der Waals surface area contributed by atoms with Crippen LogP contribution in [0.3, 0.4) is 0 Å². The van der Waals surface area contributed by atoms with Gasteiger partial charge in [0, 0.05) is 30.9 Å². The Labute approximate surface area is 206 Å². The Balaban J connectivity index is 1.82. The van der Waals surface area contributed by atoms with Crippen LogP contribution in [-0.2, 0) is 22.3 Å². The summed E-state index contributed by atoms with van der Waals surface area (Å²) in [6.07, 6.45) is 4.69. The molecule has 0 bridgehead atoms. The molecule has 4 aromatic rings. The fourth-order valence-corrected chi connectivity index (χ4v) is 4.72. The van der Waals surface area contributed by atoms with Gasteiger partial charge in [-0.25, -0.2) is 9.50 Å². The van der Waals surface area contributed by atoms with Crippen molar-refractivity contribution in [3.63, 3.8) is 0 Å². The smallest absolute Gasteiger partial charge is 0.283 e. The van der Waals surface area contributed by atoms with Crippen molar-refractivity contribution in [2.24, 2.45) is 0 Å². The van der Waals surface area contributed by atoms with Gasteiger partial charge in [-0.05, 0) is 37.0 Å². The molecular weight excluding hydrogens is 465 g/mol. The molecule has 1 amide bonds. The Morgan fingerprint density at radius 2 is 1.77 bits per heavy atom. The minimum Gasteiger partial charge on any atom is -0.345 e. The summed E-state index contributed by atoms with van der Waals surface area (Å²) in [4.78, 5) is 20.1. The van der Waals surface area contributed by atoms with Crippen molar-refractivity contribution in [2.75, 3.05) is 13.6 Å². The first-order valence-electron chi connectivity index (χ1n) is 11.6. The van der Waals surface area contributed by atoms with E-state index in [9.17, 15) is 13.6 Å². The summed E-state index contributed by atoms with van der Waals surface area (Å²) >= 11 is 0. The Hall–Kier alpha value is -3.18. The second kappa shape index (κ2) is 9.82. The Bertz CT molecular complexity index is 1320. The van der Waals surface area contributed by atoms with Crippen LogP contribution in [0.15, 0.2) is 73.1 Å². The summed E-state index contributed by atoms with van der Waals surface area (Å²) in [5.41, 5.74) is -0.215. The van der Waals surface area contributed by atoms with Gasteiger partial charge in [0.25, 0.3) is 5.66 Å². The zero-order valence-corrected chi connectivity index (χ0v) is 21.2. The summed E-state index contributed by atoms with van der Waals surface area (Å²) in [6, 6.07) is 17.8. The molecule has 0 aliphatic heterocycles. The van der Waals surface area contributed by atoms with Crippen molar-refractivity contribution >= 4 is 20.8 Å². The molecule has 0 aliphatic rings. The fraction of sp³-hybridized carbons (Fsp3) is 0.296. The number of likely N-dealkylation sites (N-methyl/N-ethyl adjacent to an activating group) is 1. The van der Waals surface area contributed by atoms with Gasteiger partial charge < -0.3 is 4.90 Å². The molecule has 8 heteroatoms. The third-order valence-corrected chi connectivity index (χ3v) is 6.66. The number of nitrogens with zero attached hydrogens (tertiary/aromatic N) is 4. The largest absolute Gasteiger partial charge is 0.345 e. The topological polar surface area (TPSA) is 50.5 Å². The van der Waals surface area contributed by atoms with E-state index >= 15 is 0 Å². The second-order valence-electron chi connectivity index (χ2n) is 9.05. The number of alkyl halides is 2. The number of aromatic nitrogens is 3. The average Bonchev–Trinajstić information content (AvgIpc) is 3.28. The van der Waals surface area contributed by atoms with E-state index in [2.05, 4.69) is 10.1 Å². The summed E-state index contributed by atoms with van der Waals surface area (Å²) in [6.45, 7) is 4.63. The van der Waals surface area contributed by atoms with E-state index < -0.39 is 11.1 Å². The first-order chi connectivity index (χ1) is 16.6. The SMILES string of the molecule is CCCN(C)C(=O)C(C)(Cc1ccccc1)c1ccnc2c(-c3ccc(C(F)(F)P)cc3)cnn12. The molecular formula is C27H29F2N4OP. The highest BCUT2D eigenvalue weighted by Gasteiger charge is 2.40. The lowest BCUT2D eigenvalue weighted by Gasteiger charge is -2.33. The summed E-state index contributed by atoms with van der Waals surface area (Å²) in [7, 11) is 3.38. The predicted octanol–water partition coefficient (Wildman–Crippen LogP) is 5.69. The molecule has 0 radical (unpaired) electrons. The number of rotatable bonds is 8. The van der Waals surface area contributed by atoms with Gasteiger partial charge in [-0.3, -0.25) is 4.79 Å². The number of halogens is 2. The maximum atomic E-state index is 13.8. The van der Waals surface area contributed by atoms with Gasteiger partial charge in [-0.1, -0.05) is 70.8 Å². The van der Waals surface area contributed by atoms with E-state index in [1.807, 2.05) is 57.3 Å². The number of hydrogen-bond donors (Lipinski definition) is 0. The van der Waals surface area contributed by atoms with Gasteiger partial charge in [-0.15, -0.1) is 0 Å². The van der Waals surface area contributed by atoms with Crippen LogP contribution in [0, 0.1) is 0 Å². The first kappa shape index (κ1) is 24.9. The zero-order chi connectivity index (χ0) is 25.2. The lowest BCUT2D eigenvalue weighted by atomic mass is 9.78. The highest BCUT2D eigenvalue weighted by molar-refractivity contribution is 7.17. The molecule has 0 spiro atoms. The molecule has 4 rings (SSSR count). The monoisotopic (exact) mass is 494 g/mol. The maximum Gasteiger partial charge on any atom is 0.283 e. The molecule has 2 unspecified atom stereocenters. The van der Waals surface area contributed by atoms with Gasteiger partial charge in [-0.2, -0.15) is 13.9 Å². The molecule has 0 saturated carbocycles. The third kappa shape index (κ3) is 4.96. The van der Waals surface area contributed by atoms with Crippen molar-refractivity contribution in [3.8, 4) is 11.1 Å². The Morgan fingerprint density at radius 1 is 1.09 bits per heavy atom. The molecule has 0 saturated heterocycles. The van der Waals surface area contributed by atoms with Gasteiger partial charge in [0.15, 0.2) is 5.65 Å². The molecule has 2 heterocycles. The number of benzene rings is 2. The van der Waals surface area contributed by atoms with E-state index in [-0.39, 0.29) is 11.5 Å². The summed E-state index contributed by atoms with van der Waals surface area (Å²) in [5, 5.41) is 4.59. The molecule has 0 aliphatic carbocycles. The molecule has 35 heavy (non-hydrogen) atoms. The van der Waals surface area contributed by atoms with E-state index in [0.717, 1.165) is 23.2 Å². The molecule has 2 aromatic carbocycles. The third-order valence-electron chi connectivity index (χ3n) is 6.33. The zero-order valence-electron chi connectivity index (χ0n) is 20.1. The van der Waals surface area contributed by atoms with Crippen molar-refractivity contribution in [1.82, 2.24) is 19.5 Å². The molecule has 5 nitrogen and oxygen atoms in total. The highest BCUT2D eigenvalue weighted by atomic mass is 31.0. The quantitative estimate of drug-likeness (QED) is 0.296. The van der Waals surface area contributed by atoms with E-state index in [0.29, 0.717) is 24.2 Å². The maximum absolute atomic E-state index is 13.8. The first-order valence-corrected chi connectivity index (χ1v) is 12.1. The second-order valence-corrected chi connectivity index (χ2v) is 9.77. The number of amides is 1. The predicted molar refractivity (Wildman–Crippen MR) is 137 cm³/mol. The molecule has 2 atom stereocenters. The normalized spacial score (nSPS) is 13.5. The van der Waals surface area contributed by atoms with E-state index in [4.69, 9.17) is 0 Å². The molecule has 0 fully saturated rings. The Morgan fingerprint density at radius 3 is 2.40 bits per heavy atom. The number of carbonyl (C=O) groups excluding carboxylic acids is 1. The van der Waals surface area contributed by atoms with Crippen LogP contribution in [0.2, 0.25) is 0 Å². The van der Waals surface area contributed by atoms with E-state index in [1.165, 1.54) is 12.1 Å². The summed E-state index contributed by atoms with van der Waals surface area (Å²) < 4.78 is 29.0. The van der Waals surface area contributed by atoms with Crippen LogP contribution < -0.4 is 0 Å². The highest BCUT2D eigenvalue weighted by Crippen LogP contribution is 2.37. The van der Waals surface area contributed by atoms with Crippen LogP contribution in [0.1, 0.15) is 37.1 Å². The van der Waals surface area contributed by atoms with Crippen LogP contribution in [0.4, 0.5) is 8.78 Å². The van der Waals surface area contributed by atoms with Crippen LogP contribution in [0.25, 0.3) is 16.8 Å². The average molecular weight is 495 g/mol. The van der Waals surface area contributed by atoms with Crippen molar-refractivity contribution in [3.05, 3.63) is 89.9 Å². The fourth-order valence-electron chi connectivity index (χ4n) is 4.52. The van der Waals surface area contributed by atoms with Gasteiger partial charge in [0.05, 0.1) is 17.3 Å². The van der Waals surface area contributed by atoms with Gasteiger partial charge in [0.1, 0.15) is 0 Å². The minimum absolute atomic E-state index is 0.000201. The van der Waals surface area contributed by atoms with Gasteiger partial charge in [0.2, 0.25) is 5.91 Å². The molecule has 182 valence electrons. The summed E-state index contributed by atoms with van der Waals surface area (Å²) in [5.74, 6) is -0.000201. The lowest BCUT2D eigenvalue weighted by molar-refractivity contribution is -0.135. The Kier molecular flexibility index (Phi) is 7.00. The number of hydrogen-bond acceptors (Lipinski definition) is 3. The van der Waals surface area contributed by atoms with Crippen LogP contribution in [0.5, 0.6) is 0 Å². The molecule has 0 N–H and O–H groups in total. The minimum atomic E-state index is -2.99. The number of carbonyl (C=O) groups is 1. The molecule has 2 aromatic heterocycles. The standard InChI is InChI=1S/C27H29F2N4OP/c1-4-16-32(3)25(34)26(2,17-19-8-6-5-7-9-19)23-14-15-30-24-22(18-31-33(23)24)20-10-12-21(13-11-20)27(28,29)35/h5-15,18H,4,16-17,35H2,1-3H3. The van der Waals surface area contributed by atoms with Crippen molar-refractivity contribution < 1.29 is 13.6 Å². The van der Waals surface area contributed by atoms with Crippen LogP contribution in [-0.4, -0.2) is 39.0 Å². The van der Waals surface area contributed by atoms with Crippen molar-refractivity contribution in [2.45, 2.75) is 37.8 Å². The van der Waals surface area contributed by atoms with Crippen molar-refractivity contribution in [1.29, 1.82) is 0 Å².